The number of rotatable bonds is 3. The van der Waals surface area contributed by atoms with Gasteiger partial charge in [0, 0.05) is 18.2 Å². The van der Waals surface area contributed by atoms with Crippen molar-refractivity contribution >= 4 is 5.97 Å². The number of carboxylic acids is 1. The van der Waals surface area contributed by atoms with Gasteiger partial charge in [0.1, 0.15) is 0 Å². The number of carboxylic acid groups (broad SMARTS) is 1. The number of hydrogen-bond donors (Lipinski definition) is 1. The van der Waals surface area contributed by atoms with Crippen LogP contribution in [0.5, 0.6) is 0 Å². The first-order valence-electron chi connectivity index (χ1n) is 6.95. The molecule has 2 rings (SSSR count). The largest absolute Gasteiger partial charge is 0.480 e. The Morgan fingerprint density at radius 3 is 2.56 bits per heavy atom. The van der Waals surface area contributed by atoms with Gasteiger partial charge in [0.05, 0.1) is 12.1 Å². The van der Waals surface area contributed by atoms with Gasteiger partial charge in [0.15, 0.2) is 0 Å². The van der Waals surface area contributed by atoms with Crippen molar-refractivity contribution in [3.8, 4) is 0 Å². The lowest BCUT2D eigenvalue weighted by Crippen LogP contribution is -2.57. The highest BCUT2D eigenvalue weighted by molar-refractivity contribution is 5.69. The highest BCUT2D eigenvalue weighted by Crippen LogP contribution is 2.44. The Morgan fingerprint density at radius 1 is 1.44 bits per heavy atom. The van der Waals surface area contributed by atoms with Gasteiger partial charge in [0.2, 0.25) is 0 Å². The second-order valence-corrected chi connectivity index (χ2v) is 6.72. The van der Waals surface area contributed by atoms with Crippen LogP contribution < -0.4 is 0 Å². The minimum absolute atomic E-state index is 0.0743. The van der Waals surface area contributed by atoms with Crippen LogP contribution in [0.25, 0.3) is 0 Å². The molecule has 18 heavy (non-hydrogen) atoms. The molecule has 1 aliphatic heterocycles. The summed E-state index contributed by atoms with van der Waals surface area (Å²) in [5.41, 5.74) is -0.0315. The predicted molar refractivity (Wildman–Crippen MR) is 69.7 cm³/mol. The van der Waals surface area contributed by atoms with E-state index in [2.05, 4.69) is 25.7 Å². The fourth-order valence-corrected chi connectivity index (χ4v) is 3.25. The highest BCUT2D eigenvalue weighted by atomic mass is 16.5. The van der Waals surface area contributed by atoms with Crippen LogP contribution in [-0.2, 0) is 9.53 Å². The van der Waals surface area contributed by atoms with E-state index in [1.165, 1.54) is 6.42 Å². The van der Waals surface area contributed by atoms with Gasteiger partial charge < -0.3 is 9.84 Å². The van der Waals surface area contributed by atoms with Crippen LogP contribution in [0.2, 0.25) is 0 Å². The Morgan fingerprint density at radius 2 is 2.11 bits per heavy atom. The molecular weight excluding hydrogens is 230 g/mol. The van der Waals surface area contributed by atoms with Gasteiger partial charge in [-0.2, -0.15) is 0 Å². The van der Waals surface area contributed by atoms with Crippen molar-refractivity contribution in [1.29, 1.82) is 0 Å². The van der Waals surface area contributed by atoms with Crippen molar-refractivity contribution in [2.75, 3.05) is 13.2 Å². The molecule has 1 saturated carbocycles. The first kappa shape index (κ1) is 13.8. The van der Waals surface area contributed by atoms with Crippen LogP contribution in [-0.4, -0.2) is 46.3 Å². The molecule has 0 bridgehead atoms. The van der Waals surface area contributed by atoms with Crippen LogP contribution >= 0.6 is 0 Å². The molecule has 1 aliphatic carbocycles. The van der Waals surface area contributed by atoms with E-state index in [4.69, 9.17) is 9.84 Å². The average molecular weight is 255 g/mol. The Kier molecular flexibility index (Phi) is 3.70. The van der Waals surface area contributed by atoms with Crippen LogP contribution in [0.15, 0.2) is 0 Å². The molecule has 2 aliphatic rings. The zero-order valence-corrected chi connectivity index (χ0v) is 11.7. The first-order chi connectivity index (χ1) is 8.32. The summed E-state index contributed by atoms with van der Waals surface area (Å²) < 4.78 is 5.93. The summed E-state index contributed by atoms with van der Waals surface area (Å²) in [6, 6.07) is 0.343. The highest BCUT2D eigenvalue weighted by Gasteiger charge is 2.45. The summed E-state index contributed by atoms with van der Waals surface area (Å²) in [7, 11) is 0. The van der Waals surface area contributed by atoms with Gasteiger partial charge in [-0.05, 0) is 52.9 Å². The predicted octanol–water partition coefficient (Wildman–Crippen LogP) is 2.27. The first-order valence-corrected chi connectivity index (χ1v) is 6.95. The second kappa shape index (κ2) is 4.82. The molecule has 1 heterocycles. The van der Waals surface area contributed by atoms with Crippen LogP contribution in [0, 0.1) is 0 Å². The third-order valence-corrected chi connectivity index (χ3v) is 4.34. The summed E-state index contributed by atoms with van der Waals surface area (Å²) in [5, 5.41) is 9.11. The summed E-state index contributed by atoms with van der Waals surface area (Å²) in [4.78, 5) is 13.2. The molecule has 2 fully saturated rings. The molecule has 0 aromatic carbocycles. The summed E-state index contributed by atoms with van der Waals surface area (Å²) in [5.74, 6) is -0.737. The fraction of sp³-hybridized carbons (Fsp3) is 0.929. The summed E-state index contributed by atoms with van der Waals surface area (Å²) >= 11 is 0. The van der Waals surface area contributed by atoms with Gasteiger partial charge in [-0.3, -0.25) is 9.69 Å². The molecule has 1 unspecified atom stereocenters. The van der Waals surface area contributed by atoms with Gasteiger partial charge in [-0.15, -0.1) is 0 Å². The summed E-state index contributed by atoms with van der Waals surface area (Å²) in [6.45, 7) is 7.19. The van der Waals surface area contributed by atoms with Crippen LogP contribution in [0.4, 0.5) is 0 Å². The van der Waals surface area contributed by atoms with Crippen molar-refractivity contribution in [3.63, 3.8) is 0 Å². The minimum atomic E-state index is -0.737. The van der Waals surface area contributed by atoms with E-state index in [0.29, 0.717) is 6.04 Å². The van der Waals surface area contributed by atoms with E-state index >= 15 is 0 Å². The maximum absolute atomic E-state index is 11.1. The molecule has 104 valence electrons. The number of nitrogens with zero attached hydrogens (tertiary/aromatic N) is 1. The lowest BCUT2D eigenvalue weighted by Gasteiger charge is -2.51. The van der Waals surface area contributed by atoms with E-state index in [0.717, 1.165) is 32.3 Å². The van der Waals surface area contributed by atoms with Crippen molar-refractivity contribution in [3.05, 3.63) is 0 Å². The van der Waals surface area contributed by atoms with Crippen molar-refractivity contribution in [2.45, 2.75) is 70.1 Å². The molecule has 1 atom stereocenters. The average Bonchev–Trinajstić information content (AvgIpc) is 2.22. The lowest BCUT2D eigenvalue weighted by atomic mass is 9.73. The number of hydrogen-bond acceptors (Lipinski definition) is 3. The van der Waals surface area contributed by atoms with E-state index in [1.807, 2.05) is 0 Å². The molecule has 0 aromatic rings. The fourth-order valence-electron chi connectivity index (χ4n) is 3.25. The molecule has 4 nitrogen and oxygen atoms in total. The van der Waals surface area contributed by atoms with Crippen LogP contribution in [0.1, 0.15) is 52.9 Å². The zero-order valence-electron chi connectivity index (χ0n) is 11.7. The van der Waals surface area contributed by atoms with E-state index in [1.54, 1.807) is 0 Å². The Labute approximate surface area is 109 Å². The van der Waals surface area contributed by atoms with Crippen molar-refractivity contribution in [1.82, 2.24) is 4.90 Å². The topological polar surface area (TPSA) is 49.8 Å². The van der Waals surface area contributed by atoms with Gasteiger partial charge in [-0.1, -0.05) is 0 Å². The second-order valence-electron chi connectivity index (χ2n) is 6.72. The Hall–Kier alpha value is -0.610. The SMILES string of the molecule is CC(C)(C)N(CC(=O)O)C1CCOC2(CCC2)C1. The summed E-state index contributed by atoms with van der Waals surface area (Å²) in [6.07, 6.45) is 5.49. The maximum atomic E-state index is 11.1. The molecule has 1 spiro atoms. The van der Waals surface area contributed by atoms with E-state index in [-0.39, 0.29) is 17.7 Å². The third-order valence-electron chi connectivity index (χ3n) is 4.34. The molecule has 1 saturated heterocycles. The van der Waals surface area contributed by atoms with Gasteiger partial charge in [0.25, 0.3) is 0 Å². The third kappa shape index (κ3) is 2.86. The lowest BCUT2D eigenvalue weighted by molar-refractivity contribution is -0.162. The molecule has 0 radical (unpaired) electrons. The Balaban J connectivity index is 2.07. The molecule has 0 aromatic heterocycles. The Bertz CT molecular complexity index is 317. The zero-order chi connectivity index (χ0) is 13.4. The molecule has 4 heteroatoms. The minimum Gasteiger partial charge on any atom is -0.480 e. The van der Waals surface area contributed by atoms with E-state index in [9.17, 15) is 4.79 Å². The molecular formula is C14H25NO3. The number of ether oxygens (including phenoxy) is 1. The quantitative estimate of drug-likeness (QED) is 0.840. The standard InChI is InChI=1S/C14H25NO3/c1-13(2,3)15(10-12(16)17)11-5-8-18-14(9-11)6-4-7-14/h11H,4-10H2,1-3H3,(H,16,17). The molecule has 1 N–H and O–H groups in total. The number of carbonyl (C=O) groups is 1. The van der Waals surface area contributed by atoms with Crippen molar-refractivity contribution in [2.24, 2.45) is 0 Å². The number of aliphatic carboxylic acids is 1. The smallest absolute Gasteiger partial charge is 0.317 e. The van der Waals surface area contributed by atoms with Gasteiger partial charge in [-0.25, -0.2) is 0 Å². The normalized spacial score (nSPS) is 27.2. The maximum Gasteiger partial charge on any atom is 0.317 e. The van der Waals surface area contributed by atoms with Crippen molar-refractivity contribution < 1.29 is 14.6 Å². The van der Waals surface area contributed by atoms with Crippen LogP contribution in [0.3, 0.4) is 0 Å². The molecule has 0 amide bonds. The monoisotopic (exact) mass is 255 g/mol. The van der Waals surface area contributed by atoms with Gasteiger partial charge >= 0.3 is 5.97 Å². The van der Waals surface area contributed by atoms with E-state index < -0.39 is 5.97 Å².